The summed E-state index contributed by atoms with van der Waals surface area (Å²) in [5, 5.41) is 6.29. The average Bonchev–Trinajstić information content (AvgIpc) is 3.01. The molecule has 7 heteroatoms. The standard InChI is InChI=1S/C18H26N4O2.ClH/c1-14-13-19-9-12-21(14)11-8-17(23)20-15-4-6-16(7-5-15)22-10-2-3-18(22)24;/h4-7,14,19H,2-3,8-13H2,1H3,(H,20,23);1H/t14-;/m1./s1. The summed E-state index contributed by atoms with van der Waals surface area (Å²) >= 11 is 0. The van der Waals surface area contributed by atoms with Gasteiger partial charge in [0.2, 0.25) is 11.8 Å². The Bertz CT molecular complexity index is 593. The molecule has 0 bridgehead atoms. The van der Waals surface area contributed by atoms with Crippen LogP contribution in [0.2, 0.25) is 0 Å². The van der Waals surface area contributed by atoms with E-state index >= 15 is 0 Å². The van der Waals surface area contributed by atoms with Crippen LogP contribution in [-0.2, 0) is 9.59 Å². The van der Waals surface area contributed by atoms with Gasteiger partial charge in [-0.2, -0.15) is 0 Å². The highest BCUT2D eigenvalue weighted by atomic mass is 35.5. The highest BCUT2D eigenvalue weighted by Crippen LogP contribution is 2.23. The number of nitrogens with one attached hydrogen (secondary N) is 2. The van der Waals surface area contributed by atoms with Crippen molar-refractivity contribution in [2.75, 3.05) is 42.9 Å². The van der Waals surface area contributed by atoms with E-state index in [1.54, 1.807) is 4.90 Å². The zero-order valence-corrected chi connectivity index (χ0v) is 15.5. The number of hydrogen-bond acceptors (Lipinski definition) is 4. The zero-order chi connectivity index (χ0) is 16.9. The van der Waals surface area contributed by atoms with Crippen molar-refractivity contribution in [1.82, 2.24) is 10.2 Å². The molecule has 0 aromatic heterocycles. The Kier molecular flexibility index (Phi) is 7.23. The quantitative estimate of drug-likeness (QED) is 0.834. The van der Waals surface area contributed by atoms with Crippen molar-refractivity contribution in [2.24, 2.45) is 0 Å². The first-order valence-corrected chi connectivity index (χ1v) is 8.78. The van der Waals surface area contributed by atoms with Crippen LogP contribution in [0.4, 0.5) is 11.4 Å². The number of carbonyl (C=O) groups is 2. The molecule has 2 aliphatic heterocycles. The first kappa shape index (κ1) is 19.7. The Balaban J connectivity index is 0.00000225. The molecule has 6 nitrogen and oxygen atoms in total. The van der Waals surface area contributed by atoms with Gasteiger partial charge in [0.15, 0.2) is 0 Å². The molecule has 0 unspecified atom stereocenters. The van der Waals surface area contributed by atoms with Crippen molar-refractivity contribution in [1.29, 1.82) is 0 Å². The number of benzene rings is 1. The molecule has 1 aromatic rings. The molecular weight excluding hydrogens is 340 g/mol. The number of nitrogens with zero attached hydrogens (tertiary/aromatic N) is 2. The van der Waals surface area contributed by atoms with E-state index in [4.69, 9.17) is 0 Å². The van der Waals surface area contributed by atoms with Crippen LogP contribution in [0.1, 0.15) is 26.2 Å². The number of amides is 2. The summed E-state index contributed by atoms with van der Waals surface area (Å²) in [5.41, 5.74) is 1.69. The SMILES string of the molecule is C[C@@H]1CNCCN1CCC(=O)Nc1ccc(N2CCCC2=O)cc1.Cl. The van der Waals surface area contributed by atoms with Crippen molar-refractivity contribution in [2.45, 2.75) is 32.2 Å². The zero-order valence-electron chi connectivity index (χ0n) is 14.7. The first-order chi connectivity index (χ1) is 11.6. The predicted octanol–water partition coefficient (Wildman–Crippen LogP) is 1.86. The summed E-state index contributed by atoms with van der Waals surface area (Å²) in [6.45, 7) is 6.72. The highest BCUT2D eigenvalue weighted by molar-refractivity contribution is 5.96. The van der Waals surface area contributed by atoms with E-state index in [2.05, 4.69) is 22.5 Å². The van der Waals surface area contributed by atoms with Gasteiger partial charge in [0.25, 0.3) is 0 Å². The van der Waals surface area contributed by atoms with Gasteiger partial charge in [-0.15, -0.1) is 12.4 Å². The van der Waals surface area contributed by atoms with Crippen molar-refractivity contribution in [3.05, 3.63) is 24.3 Å². The minimum Gasteiger partial charge on any atom is -0.326 e. The van der Waals surface area contributed by atoms with Gasteiger partial charge in [0.1, 0.15) is 0 Å². The van der Waals surface area contributed by atoms with Gasteiger partial charge in [-0.1, -0.05) is 0 Å². The fourth-order valence-corrected chi connectivity index (χ4v) is 3.33. The lowest BCUT2D eigenvalue weighted by molar-refractivity contribution is -0.117. The maximum atomic E-state index is 12.1. The number of anilines is 2. The predicted molar refractivity (Wildman–Crippen MR) is 102 cm³/mol. The molecule has 1 aromatic carbocycles. The van der Waals surface area contributed by atoms with Gasteiger partial charge >= 0.3 is 0 Å². The summed E-state index contributed by atoms with van der Waals surface area (Å²) in [4.78, 5) is 28.0. The molecule has 0 aliphatic carbocycles. The summed E-state index contributed by atoms with van der Waals surface area (Å²) in [5.74, 6) is 0.211. The van der Waals surface area contributed by atoms with Crippen molar-refractivity contribution >= 4 is 35.6 Å². The molecule has 25 heavy (non-hydrogen) atoms. The van der Waals surface area contributed by atoms with E-state index in [0.717, 1.165) is 50.5 Å². The second-order valence-corrected chi connectivity index (χ2v) is 6.58. The van der Waals surface area contributed by atoms with E-state index in [9.17, 15) is 9.59 Å². The van der Waals surface area contributed by atoms with E-state index in [0.29, 0.717) is 18.9 Å². The third-order valence-corrected chi connectivity index (χ3v) is 4.80. The fourth-order valence-electron chi connectivity index (χ4n) is 3.33. The average molecular weight is 367 g/mol. The minimum absolute atomic E-state index is 0. The summed E-state index contributed by atoms with van der Waals surface area (Å²) in [7, 11) is 0. The van der Waals surface area contributed by atoms with E-state index in [-0.39, 0.29) is 24.2 Å². The van der Waals surface area contributed by atoms with Crippen LogP contribution in [0.3, 0.4) is 0 Å². The molecular formula is C18H27ClN4O2. The fraction of sp³-hybridized carbons (Fsp3) is 0.556. The van der Waals surface area contributed by atoms with Crippen LogP contribution >= 0.6 is 12.4 Å². The van der Waals surface area contributed by atoms with Crippen LogP contribution in [0.5, 0.6) is 0 Å². The summed E-state index contributed by atoms with van der Waals surface area (Å²) < 4.78 is 0. The van der Waals surface area contributed by atoms with Crippen LogP contribution in [0, 0.1) is 0 Å². The monoisotopic (exact) mass is 366 g/mol. The van der Waals surface area contributed by atoms with Crippen molar-refractivity contribution in [3.63, 3.8) is 0 Å². The van der Waals surface area contributed by atoms with Gasteiger partial charge in [-0.25, -0.2) is 0 Å². The molecule has 0 radical (unpaired) electrons. The smallest absolute Gasteiger partial charge is 0.227 e. The molecule has 2 amide bonds. The van der Waals surface area contributed by atoms with Crippen molar-refractivity contribution < 1.29 is 9.59 Å². The molecule has 0 saturated carbocycles. The molecule has 2 N–H and O–H groups in total. The number of piperazine rings is 1. The minimum atomic E-state index is 0. The molecule has 2 aliphatic rings. The molecule has 3 rings (SSSR count). The van der Waals surface area contributed by atoms with Crippen LogP contribution in [0.25, 0.3) is 0 Å². The molecule has 0 spiro atoms. The Morgan fingerprint density at radius 2 is 2.04 bits per heavy atom. The Morgan fingerprint density at radius 3 is 2.68 bits per heavy atom. The van der Waals surface area contributed by atoms with Crippen LogP contribution < -0.4 is 15.5 Å². The van der Waals surface area contributed by atoms with Gasteiger partial charge in [0, 0.05) is 63.0 Å². The van der Waals surface area contributed by atoms with E-state index in [1.165, 1.54) is 0 Å². The van der Waals surface area contributed by atoms with Gasteiger partial charge in [0.05, 0.1) is 0 Å². The van der Waals surface area contributed by atoms with Crippen molar-refractivity contribution in [3.8, 4) is 0 Å². The lowest BCUT2D eigenvalue weighted by atomic mass is 10.2. The van der Waals surface area contributed by atoms with Gasteiger partial charge in [-0.3, -0.25) is 14.5 Å². The largest absolute Gasteiger partial charge is 0.326 e. The summed E-state index contributed by atoms with van der Waals surface area (Å²) in [6, 6.07) is 8.01. The topological polar surface area (TPSA) is 64.7 Å². The third-order valence-electron chi connectivity index (χ3n) is 4.80. The normalized spacial score (nSPS) is 21.1. The maximum absolute atomic E-state index is 12.1. The number of halogens is 1. The lowest BCUT2D eigenvalue weighted by Gasteiger charge is -2.33. The van der Waals surface area contributed by atoms with Crippen LogP contribution in [-0.4, -0.2) is 55.5 Å². The third kappa shape index (κ3) is 5.17. The number of carbonyl (C=O) groups excluding carboxylic acids is 2. The second-order valence-electron chi connectivity index (χ2n) is 6.58. The Hall–Kier alpha value is -1.63. The Labute approximate surface area is 155 Å². The number of rotatable bonds is 5. The highest BCUT2D eigenvalue weighted by Gasteiger charge is 2.21. The second kappa shape index (κ2) is 9.17. The molecule has 138 valence electrons. The van der Waals surface area contributed by atoms with E-state index < -0.39 is 0 Å². The molecule has 2 saturated heterocycles. The lowest BCUT2D eigenvalue weighted by Crippen LogP contribution is -2.50. The number of hydrogen-bond donors (Lipinski definition) is 2. The van der Waals surface area contributed by atoms with E-state index in [1.807, 2.05) is 24.3 Å². The summed E-state index contributed by atoms with van der Waals surface area (Å²) in [6.07, 6.45) is 2.04. The Morgan fingerprint density at radius 1 is 1.28 bits per heavy atom. The molecule has 2 heterocycles. The van der Waals surface area contributed by atoms with Gasteiger partial charge < -0.3 is 15.5 Å². The van der Waals surface area contributed by atoms with Crippen LogP contribution in [0.15, 0.2) is 24.3 Å². The molecule has 2 fully saturated rings. The van der Waals surface area contributed by atoms with Gasteiger partial charge in [-0.05, 0) is 37.6 Å². The first-order valence-electron chi connectivity index (χ1n) is 8.78. The maximum Gasteiger partial charge on any atom is 0.227 e. The molecule has 1 atom stereocenters.